The van der Waals surface area contributed by atoms with Gasteiger partial charge in [-0.05, 0) is 36.6 Å². The number of methoxy groups -OCH3 is 2. The number of hydrogen-bond acceptors (Lipinski definition) is 4. The van der Waals surface area contributed by atoms with E-state index in [4.69, 9.17) is 14.6 Å². The Labute approximate surface area is 119 Å². The third-order valence-electron chi connectivity index (χ3n) is 3.76. The summed E-state index contributed by atoms with van der Waals surface area (Å²) in [7, 11) is 3.29. The maximum Gasteiger partial charge on any atom is 0.304 e. The Kier molecular flexibility index (Phi) is 4.84. The summed E-state index contributed by atoms with van der Waals surface area (Å²) in [6.45, 7) is 2.45. The maximum atomic E-state index is 10.6. The van der Waals surface area contributed by atoms with Crippen LogP contribution >= 0.6 is 0 Å². The molecule has 1 N–H and O–H groups in total. The Morgan fingerprint density at radius 2 is 1.95 bits per heavy atom. The number of likely N-dealkylation sites (tertiary alicyclic amines) is 1. The monoisotopic (exact) mass is 279 g/mol. The summed E-state index contributed by atoms with van der Waals surface area (Å²) in [4.78, 5) is 12.8. The van der Waals surface area contributed by atoms with Crippen molar-refractivity contribution in [1.29, 1.82) is 0 Å². The van der Waals surface area contributed by atoms with Crippen LogP contribution in [0.2, 0.25) is 0 Å². The average molecular weight is 279 g/mol. The van der Waals surface area contributed by atoms with E-state index in [1.807, 2.05) is 18.2 Å². The predicted molar refractivity (Wildman–Crippen MR) is 75.6 cm³/mol. The fraction of sp³-hybridized carbons (Fsp3) is 0.533. The van der Waals surface area contributed by atoms with Gasteiger partial charge in [0, 0.05) is 19.2 Å². The van der Waals surface area contributed by atoms with Gasteiger partial charge in [0.25, 0.3) is 0 Å². The van der Waals surface area contributed by atoms with Crippen LogP contribution in [0.1, 0.15) is 24.3 Å². The molecule has 0 unspecified atom stereocenters. The largest absolute Gasteiger partial charge is 0.497 e. The van der Waals surface area contributed by atoms with Crippen LogP contribution in [0.15, 0.2) is 18.2 Å². The van der Waals surface area contributed by atoms with Gasteiger partial charge in [0.1, 0.15) is 11.5 Å². The van der Waals surface area contributed by atoms with Crippen molar-refractivity contribution in [2.75, 3.05) is 33.9 Å². The van der Waals surface area contributed by atoms with Gasteiger partial charge < -0.3 is 19.5 Å². The Bertz CT molecular complexity index is 453. The highest BCUT2D eigenvalue weighted by molar-refractivity contribution is 5.66. The van der Waals surface area contributed by atoms with E-state index in [-0.39, 0.29) is 6.42 Å². The van der Waals surface area contributed by atoms with Gasteiger partial charge in [0.05, 0.1) is 20.6 Å². The number of rotatable bonds is 6. The standard InChI is InChI=1S/C15H21NO4/c1-19-13-7-12(8-14(9-13)20-2)11-3-5-16(10-11)6-4-15(17)18/h7-9,11H,3-6,10H2,1-2H3,(H,17,18)/t11-/m1/s1. The second-order valence-electron chi connectivity index (χ2n) is 5.08. The van der Waals surface area contributed by atoms with Crippen molar-refractivity contribution >= 4 is 5.97 Å². The molecule has 0 amide bonds. The molecule has 5 heteroatoms. The summed E-state index contributed by atoms with van der Waals surface area (Å²) in [6.07, 6.45) is 1.24. The lowest BCUT2D eigenvalue weighted by Crippen LogP contribution is -2.23. The molecule has 1 aliphatic heterocycles. The normalized spacial score (nSPS) is 19.0. The maximum absolute atomic E-state index is 10.6. The van der Waals surface area contributed by atoms with Crippen molar-refractivity contribution in [3.8, 4) is 11.5 Å². The molecule has 5 nitrogen and oxygen atoms in total. The minimum atomic E-state index is -0.739. The minimum Gasteiger partial charge on any atom is -0.497 e. The van der Waals surface area contributed by atoms with Gasteiger partial charge in [0.2, 0.25) is 0 Å². The smallest absolute Gasteiger partial charge is 0.304 e. The topological polar surface area (TPSA) is 59.0 Å². The van der Waals surface area contributed by atoms with Crippen molar-refractivity contribution < 1.29 is 19.4 Å². The molecule has 1 aromatic carbocycles. The molecule has 0 aromatic heterocycles. The van der Waals surface area contributed by atoms with E-state index >= 15 is 0 Å². The Hall–Kier alpha value is -1.75. The molecule has 1 aliphatic rings. The van der Waals surface area contributed by atoms with Crippen LogP contribution < -0.4 is 9.47 Å². The summed E-state index contributed by atoms with van der Waals surface area (Å²) >= 11 is 0. The Morgan fingerprint density at radius 3 is 2.50 bits per heavy atom. The lowest BCUT2D eigenvalue weighted by atomic mass is 9.98. The van der Waals surface area contributed by atoms with Crippen LogP contribution in [0.25, 0.3) is 0 Å². The molecule has 0 spiro atoms. The molecule has 0 radical (unpaired) electrons. The fourth-order valence-corrected chi connectivity index (χ4v) is 2.63. The summed E-state index contributed by atoms with van der Waals surface area (Å²) in [5.41, 5.74) is 1.19. The number of hydrogen-bond donors (Lipinski definition) is 1. The molecule has 110 valence electrons. The summed E-state index contributed by atoms with van der Waals surface area (Å²) in [5, 5.41) is 8.73. The zero-order chi connectivity index (χ0) is 14.5. The van der Waals surface area contributed by atoms with Gasteiger partial charge in [-0.3, -0.25) is 4.79 Å². The molecule has 1 aromatic rings. The highest BCUT2D eigenvalue weighted by Gasteiger charge is 2.24. The van der Waals surface area contributed by atoms with Crippen LogP contribution in [0.3, 0.4) is 0 Å². The molecular weight excluding hydrogens is 258 g/mol. The molecule has 0 saturated carbocycles. The van der Waals surface area contributed by atoms with Crippen molar-refractivity contribution in [3.05, 3.63) is 23.8 Å². The Balaban J connectivity index is 2.03. The average Bonchev–Trinajstić information content (AvgIpc) is 2.93. The van der Waals surface area contributed by atoms with E-state index in [9.17, 15) is 4.79 Å². The van der Waals surface area contributed by atoms with Crippen molar-refractivity contribution in [2.24, 2.45) is 0 Å². The summed E-state index contributed by atoms with van der Waals surface area (Å²) in [6, 6.07) is 5.93. The first-order valence-electron chi connectivity index (χ1n) is 6.79. The van der Waals surface area contributed by atoms with Crippen LogP contribution in [-0.4, -0.2) is 49.8 Å². The number of ether oxygens (including phenoxy) is 2. The first kappa shape index (κ1) is 14.7. The molecule has 1 fully saturated rings. The minimum absolute atomic E-state index is 0.203. The van der Waals surface area contributed by atoms with E-state index in [1.165, 1.54) is 5.56 Å². The molecule has 20 heavy (non-hydrogen) atoms. The number of carbonyl (C=O) groups is 1. The molecule has 1 heterocycles. The van der Waals surface area contributed by atoms with Gasteiger partial charge in [-0.15, -0.1) is 0 Å². The first-order valence-corrected chi connectivity index (χ1v) is 6.79. The molecule has 2 rings (SSSR count). The van der Waals surface area contributed by atoms with Gasteiger partial charge in [-0.1, -0.05) is 0 Å². The Morgan fingerprint density at radius 1 is 1.30 bits per heavy atom. The van der Waals surface area contributed by atoms with Gasteiger partial charge >= 0.3 is 5.97 Å². The third-order valence-corrected chi connectivity index (χ3v) is 3.76. The van der Waals surface area contributed by atoms with Gasteiger partial charge in [-0.25, -0.2) is 0 Å². The second kappa shape index (κ2) is 6.61. The number of benzene rings is 1. The number of carboxylic acid groups (broad SMARTS) is 1. The zero-order valence-corrected chi connectivity index (χ0v) is 12.0. The quantitative estimate of drug-likeness (QED) is 0.862. The lowest BCUT2D eigenvalue weighted by Gasteiger charge is -2.16. The van der Waals surface area contributed by atoms with Crippen LogP contribution in [0.5, 0.6) is 11.5 Å². The number of aliphatic carboxylic acids is 1. The van der Waals surface area contributed by atoms with Crippen LogP contribution in [0, 0.1) is 0 Å². The van der Waals surface area contributed by atoms with Gasteiger partial charge in [-0.2, -0.15) is 0 Å². The summed E-state index contributed by atoms with van der Waals surface area (Å²) in [5.74, 6) is 1.26. The zero-order valence-electron chi connectivity index (χ0n) is 12.0. The fourth-order valence-electron chi connectivity index (χ4n) is 2.63. The van der Waals surface area contributed by atoms with E-state index in [1.54, 1.807) is 14.2 Å². The van der Waals surface area contributed by atoms with Crippen molar-refractivity contribution in [2.45, 2.75) is 18.8 Å². The van der Waals surface area contributed by atoms with Gasteiger partial charge in [0.15, 0.2) is 0 Å². The highest BCUT2D eigenvalue weighted by atomic mass is 16.5. The van der Waals surface area contributed by atoms with E-state index in [0.717, 1.165) is 31.0 Å². The highest BCUT2D eigenvalue weighted by Crippen LogP contribution is 2.32. The second-order valence-corrected chi connectivity index (χ2v) is 5.08. The third kappa shape index (κ3) is 3.63. The number of nitrogens with zero attached hydrogens (tertiary/aromatic N) is 1. The van der Waals surface area contributed by atoms with E-state index in [0.29, 0.717) is 12.5 Å². The number of carboxylic acids is 1. The molecular formula is C15H21NO4. The summed E-state index contributed by atoms with van der Waals surface area (Å²) < 4.78 is 10.6. The van der Waals surface area contributed by atoms with Crippen molar-refractivity contribution in [1.82, 2.24) is 4.90 Å². The lowest BCUT2D eigenvalue weighted by molar-refractivity contribution is -0.137. The van der Waals surface area contributed by atoms with E-state index < -0.39 is 5.97 Å². The molecule has 0 aliphatic carbocycles. The predicted octanol–water partition coefficient (Wildman–Crippen LogP) is 1.97. The van der Waals surface area contributed by atoms with E-state index in [2.05, 4.69) is 4.90 Å². The first-order chi connectivity index (χ1) is 9.62. The molecule has 1 saturated heterocycles. The molecule has 0 bridgehead atoms. The molecule has 1 atom stereocenters. The van der Waals surface area contributed by atoms with Crippen molar-refractivity contribution in [3.63, 3.8) is 0 Å². The SMILES string of the molecule is COc1cc(OC)cc([C@@H]2CCN(CCC(=O)O)C2)c1. The van der Waals surface area contributed by atoms with Crippen LogP contribution in [-0.2, 0) is 4.79 Å². The van der Waals surface area contributed by atoms with Crippen LogP contribution in [0.4, 0.5) is 0 Å².